The molecule has 0 aromatic heterocycles. The fraction of sp³-hybridized carbons (Fsp3) is 0.0526. The fourth-order valence-electron chi connectivity index (χ4n) is 6.25. The lowest BCUT2D eigenvalue weighted by atomic mass is 9.86. The number of rotatable bonds is 2. The molecule has 6 nitrogen and oxygen atoms in total. The zero-order valence-corrected chi connectivity index (χ0v) is 24.9. The van der Waals surface area contributed by atoms with Gasteiger partial charge in [0.15, 0.2) is 0 Å². The van der Waals surface area contributed by atoms with Crippen LogP contribution in [-0.2, 0) is 12.4 Å². The van der Waals surface area contributed by atoms with Gasteiger partial charge in [-0.05, 0) is 80.9 Å². The van der Waals surface area contributed by atoms with Gasteiger partial charge in [0.1, 0.15) is 35.4 Å². The molecule has 0 saturated carbocycles. The maximum absolute atomic E-state index is 13.4. The second-order valence-electron chi connectivity index (χ2n) is 11.0. The Morgan fingerprint density at radius 1 is 0.420 bits per heavy atom. The van der Waals surface area contributed by atoms with Crippen LogP contribution in [0.5, 0.6) is 0 Å². The van der Waals surface area contributed by atoms with Crippen molar-refractivity contribution < 1.29 is 26.3 Å². The number of nitrogens with zero attached hydrogens (tertiary/aromatic N) is 6. The highest BCUT2D eigenvalue weighted by Crippen LogP contribution is 2.60. The first-order valence-electron chi connectivity index (χ1n) is 14.2. The van der Waals surface area contributed by atoms with Crippen LogP contribution >= 0.6 is 0 Å². The summed E-state index contributed by atoms with van der Waals surface area (Å²) in [6.45, 7) is 0. The Morgan fingerprint density at radius 3 is 1.06 bits per heavy atom. The molecule has 6 rings (SSSR count). The van der Waals surface area contributed by atoms with Gasteiger partial charge in [-0.2, -0.15) is 57.9 Å². The highest BCUT2D eigenvalue weighted by Gasteiger charge is 2.40. The molecule has 0 saturated heterocycles. The summed E-state index contributed by atoms with van der Waals surface area (Å²) in [6, 6.07) is 25.5. The molecule has 2 aliphatic carbocycles. The predicted octanol–water partition coefficient (Wildman–Crippen LogP) is 9.34. The number of nitriles is 6. The smallest absolute Gasteiger partial charge is 0.192 e. The molecule has 2 aliphatic rings. The maximum Gasteiger partial charge on any atom is 0.416 e. The largest absolute Gasteiger partial charge is 0.416 e. The molecule has 0 aliphatic heterocycles. The van der Waals surface area contributed by atoms with Gasteiger partial charge in [0.25, 0.3) is 0 Å². The van der Waals surface area contributed by atoms with Crippen molar-refractivity contribution in [3.05, 3.63) is 128 Å². The van der Waals surface area contributed by atoms with Crippen molar-refractivity contribution in [1.29, 1.82) is 31.6 Å². The minimum absolute atomic E-state index is 0.110. The molecule has 0 fully saturated rings. The van der Waals surface area contributed by atoms with E-state index in [2.05, 4.69) is 0 Å². The average Bonchev–Trinajstić information content (AvgIpc) is 3.60. The van der Waals surface area contributed by atoms with Gasteiger partial charge >= 0.3 is 12.4 Å². The van der Waals surface area contributed by atoms with E-state index in [1.54, 1.807) is 24.3 Å². The van der Waals surface area contributed by atoms with Crippen molar-refractivity contribution in [3.8, 4) is 58.7 Å². The summed E-state index contributed by atoms with van der Waals surface area (Å²) in [6.07, 6.45) is -9.40. The number of hydrogen-bond donors (Lipinski definition) is 0. The van der Waals surface area contributed by atoms with E-state index in [4.69, 9.17) is 0 Å². The number of fused-ring (bicyclic) bond motifs is 4. The van der Waals surface area contributed by atoms with Gasteiger partial charge in [0.2, 0.25) is 0 Å². The number of halogens is 6. The third-order valence-corrected chi connectivity index (χ3v) is 8.37. The van der Waals surface area contributed by atoms with Crippen molar-refractivity contribution in [2.24, 2.45) is 0 Å². The third kappa shape index (κ3) is 5.03. The van der Waals surface area contributed by atoms with Crippen LogP contribution in [0.4, 0.5) is 26.3 Å². The van der Waals surface area contributed by atoms with Crippen molar-refractivity contribution in [2.75, 3.05) is 0 Å². The van der Waals surface area contributed by atoms with Gasteiger partial charge in [-0.1, -0.05) is 36.4 Å². The van der Waals surface area contributed by atoms with Crippen LogP contribution in [0.2, 0.25) is 0 Å². The monoisotopic (exact) mass is 666 g/mol. The zero-order valence-electron chi connectivity index (χ0n) is 24.9. The molecule has 50 heavy (non-hydrogen) atoms. The number of hydrogen-bond acceptors (Lipinski definition) is 6. The lowest BCUT2D eigenvalue weighted by Crippen LogP contribution is -2.05. The second kappa shape index (κ2) is 11.7. The van der Waals surface area contributed by atoms with Crippen LogP contribution < -0.4 is 0 Å². The molecule has 0 N–H and O–H groups in total. The molecular formula is C38H12F6N6. The molecule has 0 radical (unpaired) electrons. The summed E-state index contributed by atoms with van der Waals surface area (Å²) in [7, 11) is 0. The quantitative estimate of drug-likeness (QED) is 0.154. The van der Waals surface area contributed by atoms with E-state index >= 15 is 0 Å². The van der Waals surface area contributed by atoms with Gasteiger partial charge < -0.3 is 0 Å². The Hall–Kier alpha value is -7.38. The van der Waals surface area contributed by atoms with Gasteiger partial charge in [0, 0.05) is 22.3 Å². The lowest BCUT2D eigenvalue weighted by Gasteiger charge is -2.16. The Bertz CT molecular complexity index is 2370. The predicted molar refractivity (Wildman–Crippen MR) is 166 cm³/mol. The average molecular weight is 667 g/mol. The molecule has 0 spiro atoms. The van der Waals surface area contributed by atoms with Gasteiger partial charge in [-0.25, -0.2) is 0 Å². The van der Waals surface area contributed by atoms with Crippen molar-refractivity contribution in [3.63, 3.8) is 0 Å². The summed E-state index contributed by atoms with van der Waals surface area (Å²) in [5, 5.41) is 59.5. The SMILES string of the molecule is N#CC(C#N)=C1C2=C(C(=C(C#N)C#N)c3cc(-c4ccc(C(F)(F)F)cc4C#N)ccc32)c2ccc(-c3ccc(C(F)(F)F)cc3C#N)cc21. The van der Waals surface area contributed by atoms with Crippen LogP contribution in [0.3, 0.4) is 0 Å². The van der Waals surface area contributed by atoms with Gasteiger partial charge in [-0.3, -0.25) is 0 Å². The molecular weight excluding hydrogens is 654 g/mol. The lowest BCUT2D eigenvalue weighted by molar-refractivity contribution is -0.138. The van der Waals surface area contributed by atoms with E-state index in [-0.39, 0.29) is 66.8 Å². The summed E-state index contributed by atoms with van der Waals surface area (Å²) in [5.74, 6) is 0. The molecule has 12 heteroatoms. The molecule has 4 aromatic carbocycles. The van der Waals surface area contributed by atoms with Crippen LogP contribution in [-0.4, -0.2) is 0 Å². The highest BCUT2D eigenvalue weighted by molar-refractivity contribution is 6.38. The Kier molecular flexibility index (Phi) is 7.62. The Balaban J connectivity index is 1.60. The number of alkyl halides is 6. The molecule has 0 bridgehead atoms. The molecule has 0 amide bonds. The molecule has 0 atom stereocenters. The van der Waals surface area contributed by atoms with E-state index in [1.165, 1.54) is 24.3 Å². The van der Waals surface area contributed by atoms with E-state index in [0.29, 0.717) is 34.4 Å². The van der Waals surface area contributed by atoms with Crippen molar-refractivity contribution in [1.82, 2.24) is 0 Å². The summed E-state index contributed by atoms with van der Waals surface area (Å²) >= 11 is 0. The fourth-order valence-corrected chi connectivity index (χ4v) is 6.25. The zero-order chi connectivity index (χ0) is 36.1. The van der Waals surface area contributed by atoms with Crippen LogP contribution in [0.25, 0.3) is 44.5 Å². The molecule has 236 valence electrons. The van der Waals surface area contributed by atoms with E-state index in [1.807, 2.05) is 24.3 Å². The van der Waals surface area contributed by atoms with E-state index in [0.717, 1.165) is 24.3 Å². The Morgan fingerprint density at radius 2 is 0.760 bits per heavy atom. The first kappa shape index (κ1) is 32.6. The molecule has 0 unspecified atom stereocenters. The van der Waals surface area contributed by atoms with E-state index < -0.39 is 23.5 Å². The minimum atomic E-state index is -4.70. The first-order valence-corrected chi connectivity index (χ1v) is 14.2. The van der Waals surface area contributed by atoms with Gasteiger partial charge in [-0.15, -0.1) is 0 Å². The van der Waals surface area contributed by atoms with Crippen molar-refractivity contribution in [2.45, 2.75) is 12.4 Å². The van der Waals surface area contributed by atoms with Crippen LogP contribution in [0, 0.1) is 68.0 Å². The van der Waals surface area contributed by atoms with E-state index in [9.17, 15) is 57.9 Å². The molecule has 4 aromatic rings. The normalized spacial score (nSPS) is 12.7. The summed E-state index contributed by atoms with van der Waals surface area (Å²) < 4.78 is 80.3. The van der Waals surface area contributed by atoms with Crippen molar-refractivity contribution >= 4 is 22.3 Å². The van der Waals surface area contributed by atoms with Crippen LogP contribution in [0.15, 0.2) is 83.9 Å². The van der Waals surface area contributed by atoms with Gasteiger partial charge in [0.05, 0.1) is 34.4 Å². The number of allylic oxidation sites excluding steroid dienone is 6. The van der Waals surface area contributed by atoms with Crippen LogP contribution in [0.1, 0.15) is 44.5 Å². The number of benzene rings is 4. The first-order chi connectivity index (χ1) is 23.8. The topological polar surface area (TPSA) is 143 Å². The Labute approximate surface area is 279 Å². The minimum Gasteiger partial charge on any atom is -0.192 e. The summed E-state index contributed by atoms with van der Waals surface area (Å²) in [5.41, 5.74) is -0.333. The summed E-state index contributed by atoms with van der Waals surface area (Å²) in [4.78, 5) is 0. The maximum atomic E-state index is 13.4. The second-order valence-corrected chi connectivity index (χ2v) is 11.0. The third-order valence-electron chi connectivity index (χ3n) is 8.37. The molecule has 0 heterocycles. The standard InChI is InChI=1S/C38H12F6N6/c39-37(40,41)25-3-7-27(21(9-25)13-45)19-1-5-29-31(11-19)33(23(15-47)16-48)36-30-6-2-20(12-32(30)34(35(29)36)24(17-49)18-50)28-8-4-26(38(42,43)44)10-22(28)14-46/h1-12H. The highest BCUT2D eigenvalue weighted by atomic mass is 19.4.